The Kier molecular flexibility index (Phi) is 5.15. The zero-order valence-corrected chi connectivity index (χ0v) is 14.4. The number of amides is 1. The summed E-state index contributed by atoms with van der Waals surface area (Å²) >= 11 is 1.68. The van der Waals surface area contributed by atoms with Crippen LogP contribution in [0.15, 0.2) is 12.1 Å². The van der Waals surface area contributed by atoms with Gasteiger partial charge in [0.15, 0.2) is 0 Å². The number of nitrogens with two attached hydrogens (primary N) is 1. The fraction of sp³-hybridized carbons (Fsp3) is 0.625. The molecule has 0 aromatic carbocycles. The van der Waals surface area contributed by atoms with Crippen molar-refractivity contribution >= 4 is 17.7 Å². The molecule has 0 radical (unpaired) electrons. The van der Waals surface area contributed by atoms with Gasteiger partial charge in [-0.15, -0.1) is 0 Å². The number of pyridine rings is 1. The number of alkyl halides is 3. The highest BCUT2D eigenvalue weighted by Gasteiger charge is 2.40. The van der Waals surface area contributed by atoms with Crippen LogP contribution in [0.1, 0.15) is 35.3 Å². The van der Waals surface area contributed by atoms with E-state index in [4.69, 9.17) is 10.5 Å². The van der Waals surface area contributed by atoms with Gasteiger partial charge in [-0.2, -0.15) is 24.9 Å². The number of carbonyl (C=O) groups is 1. The van der Waals surface area contributed by atoms with E-state index in [1.807, 2.05) is 0 Å². The van der Waals surface area contributed by atoms with Crippen molar-refractivity contribution in [3.8, 4) is 5.88 Å². The maximum atomic E-state index is 13.1. The summed E-state index contributed by atoms with van der Waals surface area (Å²) in [5, 5.41) is 2.87. The average Bonchev–Trinajstić information content (AvgIpc) is 3.34. The van der Waals surface area contributed by atoms with E-state index in [9.17, 15) is 18.0 Å². The highest BCUT2D eigenvalue weighted by molar-refractivity contribution is 8.00. The highest BCUT2D eigenvalue weighted by Crippen LogP contribution is 2.37. The van der Waals surface area contributed by atoms with Crippen LogP contribution in [-0.2, 0) is 6.18 Å². The first-order chi connectivity index (χ1) is 11.8. The van der Waals surface area contributed by atoms with Gasteiger partial charge >= 0.3 is 6.18 Å². The fourth-order valence-corrected chi connectivity index (χ4v) is 3.71. The topological polar surface area (TPSA) is 77.2 Å². The summed E-state index contributed by atoms with van der Waals surface area (Å²) in [4.78, 5) is 16.3. The van der Waals surface area contributed by atoms with Crippen LogP contribution < -0.4 is 15.8 Å². The third kappa shape index (κ3) is 4.38. The van der Waals surface area contributed by atoms with Crippen LogP contribution in [0.5, 0.6) is 5.88 Å². The molecule has 3 rings (SSSR count). The standard InChI is InChI=1S/C16H20F3N3O2S/c17-16(18,19)11-3-4-12(21-14(11)24-7-10-1-2-10)13(23)22-15(5-6-20)8-25-9-15/h3-4,10H,1-2,5-9,20H2,(H,22,23). The Hall–Kier alpha value is -1.48. The smallest absolute Gasteiger partial charge is 0.421 e. The van der Waals surface area contributed by atoms with E-state index in [-0.39, 0.29) is 18.2 Å². The van der Waals surface area contributed by atoms with Crippen LogP contribution in [0.2, 0.25) is 0 Å². The maximum Gasteiger partial charge on any atom is 0.421 e. The van der Waals surface area contributed by atoms with Crippen LogP contribution in [0.25, 0.3) is 0 Å². The van der Waals surface area contributed by atoms with Crippen molar-refractivity contribution in [2.75, 3.05) is 24.7 Å². The summed E-state index contributed by atoms with van der Waals surface area (Å²) in [7, 11) is 0. The molecule has 25 heavy (non-hydrogen) atoms. The number of ether oxygens (including phenoxy) is 1. The Labute approximate surface area is 147 Å². The lowest BCUT2D eigenvalue weighted by Crippen LogP contribution is -2.59. The van der Waals surface area contributed by atoms with Gasteiger partial charge in [0.2, 0.25) is 5.88 Å². The van der Waals surface area contributed by atoms with Crippen LogP contribution in [-0.4, -0.2) is 41.1 Å². The summed E-state index contributed by atoms with van der Waals surface area (Å²) in [6, 6.07) is 1.94. The molecule has 3 N–H and O–H groups in total. The van der Waals surface area contributed by atoms with Crippen molar-refractivity contribution in [2.45, 2.75) is 31.0 Å². The second kappa shape index (κ2) is 7.03. The van der Waals surface area contributed by atoms with Crippen LogP contribution in [0.4, 0.5) is 13.2 Å². The summed E-state index contributed by atoms with van der Waals surface area (Å²) in [6.45, 7) is 0.617. The first kappa shape index (κ1) is 18.3. The van der Waals surface area contributed by atoms with Gasteiger partial charge in [-0.05, 0) is 43.9 Å². The Balaban J connectivity index is 1.78. The SMILES string of the molecule is NCCC1(NC(=O)c2ccc(C(F)(F)F)c(OCC3CC3)n2)CSC1. The third-order valence-electron chi connectivity index (χ3n) is 4.31. The molecule has 5 nitrogen and oxygen atoms in total. The first-order valence-corrected chi connectivity index (χ1v) is 9.30. The molecule has 2 aliphatic rings. The number of aromatic nitrogens is 1. The molecule has 0 unspecified atom stereocenters. The molecule has 0 atom stereocenters. The predicted octanol–water partition coefficient (Wildman–Crippen LogP) is 2.45. The van der Waals surface area contributed by atoms with E-state index < -0.39 is 29.1 Å². The van der Waals surface area contributed by atoms with Crippen molar-refractivity contribution in [1.82, 2.24) is 10.3 Å². The molecular weight excluding hydrogens is 355 g/mol. The van der Waals surface area contributed by atoms with Gasteiger partial charge in [0.25, 0.3) is 5.91 Å². The summed E-state index contributed by atoms with van der Waals surface area (Å²) in [5.74, 6) is 0.727. The van der Waals surface area contributed by atoms with E-state index in [1.54, 1.807) is 11.8 Å². The number of nitrogens with zero attached hydrogens (tertiary/aromatic N) is 1. The summed E-state index contributed by atoms with van der Waals surface area (Å²) in [6.07, 6.45) is -2.06. The molecule has 2 heterocycles. The number of hydrogen-bond donors (Lipinski definition) is 2. The molecule has 2 fully saturated rings. The van der Waals surface area contributed by atoms with Crippen molar-refractivity contribution in [1.29, 1.82) is 0 Å². The number of carbonyl (C=O) groups excluding carboxylic acids is 1. The minimum atomic E-state index is -4.58. The Morgan fingerprint density at radius 3 is 2.64 bits per heavy atom. The molecule has 1 aliphatic heterocycles. The molecule has 0 spiro atoms. The Morgan fingerprint density at radius 2 is 2.12 bits per heavy atom. The van der Waals surface area contributed by atoms with E-state index in [0.717, 1.165) is 36.5 Å². The highest BCUT2D eigenvalue weighted by atomic mass is 32.2. The van der Waals surface area contributed by atoms with E-state index >= 15 is 0 Å². The second-order valence-corrected chi connectivity index (χ2v) is 7.55. The number of thioether (sulfide) groups is 1. The maximum absolute atomic E-state index is 13.1. The first-order valence-electron chi connectivity index (χ1n) is 8.14. The fourth-order valence-electron chi connectivity index (χ4n) is 2.58. The molecule has 1 saturated carbocycles. The minimum Gasteiger partial charge on any atom is -0.477 e. The third-order valence-corrected chi connectivity index (χ3v) is 5.82. The average molecular weight is 375 g/mol. The lowest BCUT2D eigenvalue weighted by atomic mass is 9.98. The zero-order chi connectivity index (χ0) is 18.1. The van der Waals surface area contributed by atoms with Crippen molar-refractivity contribution < 1.29 is 22.7 Å². The minimum absolute atomic E-state index is 0.0768. The number of rotatable bonds is 7. The Morgan fingerprint density at radius 1 is 1.40 bits per heavy atom. The lowest BCUT2D eigenvalue weighted by molar-refractivity contribution is -0.139. The van der Waals surface area contributed by atoms with E-state index in [0.29, 0.717) is 13.0 Å². The molecule has 1 aromatic heterocycles. The summed E-state index contributed by atoms with van der Waals surface area (Å²) < 4.78 is 44.6. The lowest BCUT2D eigenvalue weighted by Gasteiger charge is -2.41. The van der Waals surface area contributed by atoms with Crippen molar-refractivity contribution in [3.63, 3.8) is 0 Å². The van der Waals surface area contributed by atoms with Gasteiger partial charge in [0, 0.05) is 11.5 Å². The molecule has 1 saturated heterocycles. The molecular formula is C16H20F3N3O2S. The monoisotopic (exact) mass is 375 g/mol. The largest absolute Gasteiger partial charge is 0.477 e. The number of hydrogen-bond acceptors (Lipinski definition) is 5. The zero-order valence-electron chi connectivity index (χ0n) is 13.6. The van der Waals surface area contributed by atoms with Gasteiger partial charge in [-0.1, -0.05) is 0 Å². The molecule has 0 bridgehead atoms. The van der Waals surface area contributed by atoms with Gasteiger partial charge in [-0.25, -0.2) is 4.98 Å². The number of halogens is 3. The predicted molar refractivity (Wildman–Crippen MR) is 88.7 cm³/mol. The van der Waals surface area contributed by atoms with E-state index in [1.165, 1.54) is 0 Å². The van der Waals surface area contributed by atoms with Gasteiger partial charge in [0.05, 0.1) is 12.1 Å². The molecule has 1 aliphatic carbocycles. The quantitative estimate of drug-likeness (QED) is 0.766. The van der Waals surface area contributed by atoms with Gasteiger partial charge in [0.1, 0.15) is 11.3 Å². The molecule has 1 amide bonds. The van der Waals surface area contributed by atoms with Gasteiger partial charge < -0.3 is 15.8 Å². The normalized spacial score (nSPS) is 19.2. The van der Waals surface area contributed by atoms with Gasteiger partial charge in [-0.3, -0.25) is 4.79 Å². The van der Waals surface area contributed by atoms with Crippen LogP contribution in [0, 0.1) is 5.92 Å². The molecule has 1 aromatic rings. The van der Waals surface area contributed by atoms with Crippen molar-refractivity contribution in [3.05, 3.63) is 23.4 Å². The molecule has 138 valence electrons. The van der Waals surface area contributed by atoms with Crippen LogP contribution >= 0.6 is 11.8 Å². The van der Waals surface area contributed by atoms with Crippen LogP contribution in [0.3, 0.4) is 0 Å². The van der Waals surface area contributed by atoms with Crippen molar-refractivity contribution in [2.24, 2.45) is 11.7 Å². The second-order valence-electron chi connectivity index (χ2n) is 6.57. The number of nitrogens with one attached hydrogen (secondary N) is 1. The Bertz CT molecular complexity index is 646. The summed E-state index contributed by atoms with van der Waals surface area (Å²) in [5.41, 5.74) is 4.16. The molecule has 9 heteroatoms. The van der Waals surface area contributed by atoms with E-state index in [2.05, 4.69) is 10.3 Å².